The van der Waals surface area contributed by atoms with Crippen LogP contribution in [0.2, 0.25) is 0 Å². The molecule has 0 aliphatic carbocycles. The van der Waals surface area contributed by atoms with Crippen molar-refractivity contribution < 1.29 is 4.79 Å². The zero-order valence-corrected chi connectivity index (χ0v) is 17.4. The van der Waals surface area contributed by atoms with Crippen molar-refractivity contribution in [2.75, 3.05) is 37.6 Å². The van der Waals surface area contributed by atoms with Crippen LogP contribution in [0.1, 0.15) is 49.5 Å². The molecule has 1 unspecified atom stereocenters. The average Bonchev–Trinajstić information content (AvgIpc) is 3.42. The number of carbonyl (C=O) groups excluding carboxylic acids is 1. The second-order valence-corrected chi connectivity index (χ2v) is 8.63. The van der Waals surface area contributed by atoms with Crippen LogP contribution in [0.25, 0.3) is 10.6 Å². The van der Waals surface area contributed by atoms with Crippen molar-refractivity contribution in [3.63, 3.8) is 0 Å². The van der Waals surface area contributed by atoms with E-state index < -0.39 is 0 Å². The molecular formula is C21H29N5OS. The second kappa shape index (κ2) is 9.01. The molecule has 1 atom stereocenters. The molecule has 0 saturated carbocycles. The molecule has 0 aromatic carbocycles. The average molecular weight is 400 g/mol. The summed E-state index contributed by atoms with van der Waals surface area (Å²) in [6.45, 7) is 7.16. The maximum Gasteiger partial charge on any atom is 0.270 e. The molecule has 6 nitrogen and oxygen atoms in total. The molecule has 1 N–H and O–H groups in total. The number of likely N-dealkylation sites (tertiary alicyclic amines) is 1. The summed E-state index contributed by atoms with van der Waals surface area (Å²) < 4.78 is 0. The van der Waals surface area contributed by atoms with Gasteiger partial charge in [-0.25, -0.2) is 9.97 Å². The summed E-state index contributed by atoms with van der Waals surface area (Å²) in [6, 6.07) is 4.73. The maximum atomic E-state index is 12.4. The molecule has 0 spiro atoms. The van der Waals surface area contributed by atoms with E-state index in [4.69, 9.17) is 0 Å². The number of anilines is 1. The van der Waals surface area contributed by atoms with Crippen molar-refractivity contribution in [3.05, 3.63) is 29.4 Å². The first-order chi connectivity index (χ1) is 13.7. The number of aromatic nitrogens is 2. The molecule has 2 aliphatic heterocycles. The Labute approximate surface area is 171 Å². The molecule has 0 radical (unpaired) electrons. The van der Waals surface area contributed by atoms with Crippen LogP contribution in [-0.4, -0.2) is 59.5 Å². The van der Waals surface area contributed by atoms with Gasteiger partial charge in [0.15, 0.2) is 0 Å². The number of nitrogens with one attached hydrogen (secondary N) is 1. The summed E-state index contributed by atoms with van der Waals surface area (Å²) >= 11 is 1.50. The zero-order chi connectivity index (χ0) is 19.3. The Balaban J connectivity index is 1.31. The maximum absolute atomic E-state index is 12.4. The quantitative estimate of drug-likeness (QED) is 0.807. The zero-order valence-electron chi connectivity index (χ0n) is 16.6. The number of pyridine rings is 1. The van der Waals surface area contributed by atoms with Crippen LogP contribution in [0, 0.1) is 0 Å². The number of amides is 1. The normalized spacial score (nSPS) is 20.5. The molecule has 7 heteroatoms. The van der Waals surface area contributed by atoms with Crippen LogP contribution in [-0.2, 0) is 0 Å². The van der Waals surface area contributed by atoms with Crippen LogP contribution in [0.5, 0.6) is 0 Å². The fourth-order valence-corrected chi connectivity index (χ4v) is 4.84. The minimum absolute atomic E-state index is 0.0891. The van der Waals surface area contributed by atoms with E-state index in [0.29, 0.717) is 18.3 Å². The number of piperidine rings is 1. The van der Waals surface area contributed by atoms with Gasteiger partial charge in [-0.3, -0.25) is 9.69 Å². The summed E-state index contributed by atoms with van der Waals surface area (Å²) in [5.41, 5.74) is 1.46. The highest BCUT2D eigenvalue weighted by Gasteiger charge is 2.18. The summed E-state index contributed by atoms with van der Waals surface area (Å²) in [6.07, 6.45) is 8.19. The highest BCUT2D eigenvalue weighted by atomic mass is 32.1. The highest BCUT2D eigenvalue weighted by Crippen LogP contribution is 2.25. The summed E-state index contributed by atoms with van der Waals surface area (Å²) in [5, 5.41) is 5.70. The lowest BCUT2D eigenvalue weighted by atomic mass is 10.0. The van der Waals surface area contributed by atoms with Crippen molar-refractivity contribution >= 4 is 23.1 Å². The number of carbonyl (C=O) groups is 1. The monoisotopic (exact) mass is 399 g/mol. The Kier molecular flexibility index (Phi) is 6.22. The number of hydrogen-bond acceptors (Lipinski definition) is 6. The first-order valence-corrected chi connectivity index (χ1v) is 11.3. The van der Waals surface area contributed by atoms with Crippen LogP contribution in [0.3, 0.4) is 0 Å². The van der Waals surface area contributed by atoms with Crippen molar-refractivity contribution in [1.29, 1.82) is 0 Å². The standard InChI is InChI=1S/C21H29N5OS/c1-16-6-2-3-10-25(16)13-9-22-20(27)18-15-28-21(24-18)17-7-8-19(23-14-17)26-11-4-5-12-26/h7-8,14-16H,2-6,9-13H2,1H3,(H,22,27). The van der Waals surface area contributed by atoms with E-state index in [1.807, 2.05) is 11.6 Å². The predicted octanol–water partition coefficient (Wildman–Crippen LogP) is 3.41. The van der Waals surface area contributed by atoms with E-state index in [-0.39, 0.29) is 5.91 Å². The lowest BCUT2D eigenvalue weighted by Crippen LogP contribution is -2.42. The topological polar surface area (TPSA) is 61.4 Å². The Morgan fingerprint density at radius 1 is 1.21 bits per heavy atom. The Morgan fingerprint density at radius 3 is 2.79 bits per heavy atom. The third kappa shape index (κ3) is 4.52. The molecule has 2 fully saturated rings. The van der Waals surface area contributed by atoms with E-state index in [0.717, 1.165) is 42.6 Å². The lowest BCUT2D eigenvalue weighted by Gasteiger charge is -2.33. The minimum Gasteiger partial charge on any atom is -0.357 e. The second-order valence-electron chi connectivity index (χ2n) is 7.77. The number of hydrogen-bond donors (Lipinski definition) is 1. The van der Waals surface area contributed by atoms with Gasteiger partial charge in [0.05, 0.1) is 0 Å². The number of nitrogens with zero attached hydrogens (tertiary/aromatic N) is 4. The SMILES string of the molecule is CC1CCCCN1CCNC(=O)c1csc(-c2ccc(N3CCCC3)nc2)n1. The molecule has 150 valence electrons. The van der Waals surface area contributed by atoms with Crippen molar-refractivity contribution in [3.8, 4) is 10.6 Å². The molecule has 2 saturated heterocycles. The molecule has 2 aromatic rings. The Bertz CT molecular complexity index is 784. The van der Waals surface area contributed by atoms with E-state index in [1.165, 1.54) is 43.4 Å². The van der Waals surface area contributed by atoms with Crippen molar-refractivity contribution in [2.24, 2.45) is 0 Å². The summed E-state index contributed by atoms with van der Waals surface area (Å²) in [4.78, 5) is 26.3. The van der Waals surface area contributed by atoms with Gasteiger partial charge in [0.2, 0.25) is 0 Å². The Hall–Kier alpha value is -1.99. The van der Waals surface area contributed by atoms with Gasteiger partial charge in [-0.05, 0) is 51.3 Å². The van der Waals surface area contributed by atoms with Crippen molar-refractivity contribution in [2.45, 2.75) is 45.1 Å². The molecule has 2 aliphatic rings. The van der Waals surface area contributed by atoms with Gasteiger partial charge in [-0.1, -0.05) is 6.42 Å². The van der Waals surface area contributed by atoms with Gasteiger partial charge in [-0.2, -0.15) is 0 Å². The molecule has 1 amide bonds. The first-order valence-electron chi connectivity index (χ1n) is 10.4. The van der Waals surface area contributed by atoms with E-state index in [2.05, 4.69) is 44.1 Å². The largest absolute Gasteiger partial charge is 0.357 e. The number of thiazole rings is 1. The molecule has 4 heterocycles. The van der Waals surface area contributed by atoms with Gasteiger partial charge in [0, 0.05) is 49.4 Å². The summed E-state index contributed by atoms with van der Waals surface area (Å²) in [7, 11) is 0. The molecule has 4 rings (SSSR count). The smallest absolute Gasteiger partial charge is 0.270 e. The molecule has 28 heavy (non-hydrogen) atoms. The van der Waals surface area contributed by atoms with Crippen molar-refractivity contribution in [1.82, 2.24) is 20.2 Å². The van der Waals surface area contributed by atoms with Gasteiger partial charge in [0.25, 0.3) is 5.91 Å². The molecule has 2 aromatic heterocycles. The van der Waals surface area contributed by atoms with E-state index >= 15 is 0 Å². The number of rotatable bonds is 6. The fraction of sp³-hybridized carbons (Fsp3) is 0.571. The van der Waals surface area contributed by atoms with E-state index in [9.17, 15) is 4.79 Å². The van der Waals surface area contributed by atoms with E-state index in [1.54, 1.807) is 0 Å². The first kappa shape index (κ1) is 19.3. The third-order valence-electron chi connectivity index (χ3n) is 5.79. The van der Waals surface area contributed by atoms with Crippen LogP contribution < -0.4 is 10.2 Å². The highest BCUT2D eigenvalue weighted by molar-refractivity contribution is 7.13. The summed E-state index contributed by atoms with van der Waals surface area (Å²) in [5.74, 6) is 0.941. The van der Waals surface area contributed by atoms with Crippen LogP contribution >= 0.6 is 11.3 Å². The lowest BCUT2D eigenvalue weighted by molar-refractivity contribution is 0.0934. The molecule has 0 bridgehead atoms. The van der Waals surface area contributed by atoms with Gasteiger partial charge in [-0.15, -0.1) is 11.3 Å². The minimum atomic E-state index is -0.0891. The van der Waals surface area contributed by atoms with Gasteiger partial charge < -0.3 is 10.2 Å². The Morgan fingerprint density at radius 2 is 2.04 bits per heavy atom. The van der Waals surface area contributed by atoms with Gasteiger partial charge in [0.1, 0.15) is 16.5 Å². The van der Waals surface area contributed by atoms with Gasteiger partial charge >= 0.3 is 0 Å². The predicted molar refractivity (Wildman–Crippen MR) is 114 cm³/mol. The molecular weight excluding hydrogens is 370 g/mol. The third-order valence-corrected chi connectivity index (χ3v) is 6.68. The fourth-order valence-electron chi connectivity index (χ4n) is 4.05. The van der Waals surface area contributed by atoms with Crippen LogP contribution in [0.4, 0.5) is 5.82 Å². The van der Waals surface area contributed by atoms with Crippen LogP contribution in [0.15, 0.2) is 23.7 Å².